The molecule has 27 heavy (non-hydrogen) atoms. The minimum absolute atomic E-state index is 0.0981. The van der Waals surface area contributed by atoms with Gasteiger partial charge in [-0.15, -0.1) is 0 Å². The molecule has 0 radical (unpaired) electrons. The quantitative estimate of drug-likeness (QED) is 0.769. The van der Waals surface area contributed by atoms with Gasteiger partial charge in [0.05, 0.1) is 23.2 Å². The molecule has 1 aliphatic heterocycles. The highest BCUT2D eigenvalue weighted by atomic mass is 35.5. The molecule has 1 heterocycles. The van der Waals surface area contributed by atoms with Crippen LogP contribution in [-0.4, -0.2) is 33.5 Å². The van der Waals surface area contributed by atoms with Crippen molar-refractivity contribution in [1.29, 1.82) is 5.41 Å². The van der Waals surface area contributed by atoms with Gasteiger partial charge in [0.25, 0.3) is 5.91 Å². The van der Waals surface area contributed by atoms with E-state index in [1.54, 1.807) is 49.5 Å². The van der Waals surface area contributed by atoms with Crippen molar-refractivity contribution in [2.75, 3.05) is 23.1 Å². The molecule has 1 aliphatic rings. The molecular formula is C18H17ClN4O3S. The summed E-state index contributed by atoms with van der Waals surface area (Å²) in [5.41, 5.74) is 1.55. The van der Waals surface area contributed by atoms with Crippen molar-refractivity contribution >= 4 is 50.4 Å². The standard InChI is InChI=1S/C18H17ClN4O3S/c1-22-15-9-8-12(19)10-16(15)23(13-6-4-3-5-7-13)18(24)14(17(22)20)11-21-27(2,25)26/h3-11,20-21H,1-2H3. The summed E-state index contributed by atoms with van der Waals surface area (Å²) < 4.78 is 25.2. The Labute approximate surface area is 162 Å². The van der Waals surface area contributed by atoms with Crippen LogP contribution in [0.25, 0.3) is 0 Å². The fourth-order valence-corrected chi connectivity index (χ4v) is 3.22. The number of amidine groups is 1. The lowest BCUT2D eigenvalue weighted by molar-refractivity contribution is -0.114. The Morgan fingerprint density at radius 2 is 1.78 bits per heavy atom. The van der Waals surface area contributed by atoms with Crippen LogP contribution < -0.4 is 14.5 Å². The first kappa shape index (κ1) is 18.9. The highest BCUT2D eigenvalue weighted by Gasteiger charge is 2.33. The van der Waals surface area contributed by atoms with Gasteiger partial charge in [-0.25, -0.2) is 8.42 Å². The van der Waals surface area contributed by atoms with E-state index in [-0.39, 0.29) is 11.4 Å². The number of amides is 1. The summed E-state index contributed by atoms with van der Waals surface area (Å²) >= 11 is 6.16. The van der Waals surface area contributed by atoms with Crippen LogP contribution in [-0.2, 0) is 14.8 Å². The van der Waals surface area contributed by atoms with Crippen LogP contribution in [0.5, 0.6) is 0 Å². The van der Waals surface area contributed by atoms with E-state index >= 15 is 0 Å². The second-order valence-electron chi connectivity index (χ2n) is 5.96. The van der Waals surface area contributed by atoms with E-state index in [1.807, 2.05) is 6.07 Å². The summed E-state index contributed by atoms with van der Waals surface area (Å²) in [6.45, 7) is 0. The fourth-order valence-electron chi connectivity index (χ4n) is 2.72. The summed E-state index contributed by atoms with van der Waals surface area (Å²) in [6, 6.07) is 13.9. The van der Waals surface area contributed by atoms with Gasteiger partial charge in [-0.2, -0.15) is 0 Å². The molecule has 0 bridgehead atoms. The van der Waals surface area contributed by atoms with Gasteiger partial charge in [-0.3, -0.25) is 19.8 Å². The minimum atomic E-state index is -3.59. The third kappa shape index (κ3) is 3.81. The maximum Gasteiger partial charge on any atom is 0.268 e. The van der Waals surface area contributed by atoms with E-state index in [0.29, 0.717) is 22.1 Å². The summed E-state index contributed by atoms with van der Waals surface area (Å²) in [5, 5.41) is 8.84. The molecule has 0 saturated carbocycles. The second-order valence-corrected chi connectivity index (χ2v) is 8.18. The molecule has 0 saturated heterocycles. The summed E-state index contributed by atoms with van der Waals surface area (Å²) in [4.78, 5) is 16.2. The number of hydrogen-bond donors (Lipinski definition) is 2. The van der Waals surface area contributed by atoms with Gasteiger partial charge in [0, 0.05) is 24.0 Å². The van der Waals surface area contributed by atoms with Crippen LogP contribution in [0, 0.1) is 5.41 Å². The largest absolute Gasteiger partial charge is 0.327 e. The monoisotopic (exact) mass is 404 g/mol. The van der Waals surface area contributed by atoms with Gasteiger partial charge in [0.1, 0.15) is 5.84 Å². The molecule has 1 amide bonds. The molecule has 0 spiro atoms. The number of nitrogens with one attached hydrogen (secondary N) is 2. The van der Waals surface area contributed by atoms with Crippen LogP contribution in [0.2, 0.25) is 5.02 Å². The number of halogens is 1. The van der Waals surface area contributed by atoms with Crippen molar-refractivity contribution in [3.05, 3.63) is 65.3 Å². The maximum atomic E-state index is 13.3. The van der Waals surface area contributed by atoms with E-state index in [1.165, 1.54) is 9.80 Å². The Morgan fingerprint density at radius 3 is 2.41 bits per heavy atom. The molecule has 0 atom stereocenters. The van der Waals surface area contributed by atoms with Crippen LogP contribution in [0.3, 0.4) is 0 Å². The molecule has 2 N–H and O–H groups in total. The average molecular weight is 405 g/mol. The summed E-state index contributed by atoms with van der Waals surface area (Å²) in [5.74, 6) is -0.687. The van der Waals surface area contributed by atoms with E-state index in [2.05, 4.69) is 4.72 Å². The van der Waals surface area contributed by atoms with Gasteiger partial charge in [-0.1, -0.05) is 29.8 Å². The number of benzene rings is 2. The molecule has 3 rings (SSSR count). The smallest absolute Gasteiger partial charge is 0.268 e. The number of sulfonamides is 1. The highest BCUT2D eigenvalue weighted by molar-refractivity contribution is 7.88. The number of anilines is 3. The van der Waals surface area contributed by atoms with Gasteiger partial charge in [0.2, 0.25) is 10.0 Å². The molecule has 2 aromatic carbocycles. The zero-order valence-electron chi connectivity index (χ0n) is 14.6. The first-order valence-corrected chi connectivity index (χ1v) is 10.1. The molecular weight excluding hydrogens is 388 g/mol. The lowest BCUT2D eigenvalue weighted by atomic mass is 10.2. The van der Waals surface area contributed by atoms with Crippen molar-refractivity contribution < 1.29 is 13.2 Å². The van der Waals surface area contributed by atoms with Gasteiger partial charge in [0.15, 0.2) is 0 Å². The Kier molecular flexibility index (Phi) is 4.95. The van der Waals surface area contributed by atoms with Crippen molar-refractivity contribution in [3.63, 3.8) is 0 Å². The SMILES string of the molecule is CN1C(=N)C(=CNS(C)(=O)=O)C(=O)N(c2ccccc2)c2cc(Cl)ccc21. The zero-order chi connectivity index (χ0) is 19.8. The predicted octanol–water partition coefficient (Wildman–Crippen LogP) is 2.86. The van der Waals surface area contributed by atoms with E-state index in [9.17, 15) is 13.2 Å². The number of carbonyl (C=O) groups is 1. The Morgan fingerprint density at radius 1 is 1.11 bits per heavy atom. The van der Waals surface area contributed by atoms with Crippen molar-refractivity contribution in [2.45, 2.75) is 0 Å². The van der Waals surface area contributed by atoms with Gasteiger partial charge >= 0.3 is 0 Å². The number of hydrogen-bond acceptors (Lipinski definition) is 4. The number of para-hydroxylation sites is 1. The van der Waals surface area contributed by atoms with Gasteiger partial charge < -0.3 is 4.90 Å². The zero-order valence-corrected chi connectivity index (χ0v) is 16.2. The lowest BCUT2D eigenvalue weighted by Crippen LogP contribution is -2.33. The number of fused-ring (bicyclic) bond motifs is 1. The summed E-state index contributed by atoms with van der Waals surface area (Å²) in [7, 11) is -1.96. The third-order valence-electron chi connectivity index (χ3n) is 4.00. The van der Waals surface area contributed by atoms with E-state index < -0.39 is 15.9 Å². The Bertz CT molecular complexity index is 1050. The molecule has 140 valence electrons. The number of rotatable bonds is 3. The predicted molar refractivity (Wildman–Crippen MR) is 107 cm³/mol. The van der Waals surface area contributed by atoms with Crippen molar-refractivity contribution in [2.24, 2.45) is 0 Å². The van der Waals surface area contributed by atoms with Crippen molar-refractivity contribution in [1.82, 2.24) is 4.72 Å². The molecule has 9 heteroatoms. The molecule has 0 aliphatic carbocycles. The van der Waals surface area contributed by atoms with Crippen molar-refractivity contribution in [3.8, 4) is 0 Å². The Hall–Kier alpha value is -2.84. The van der Waals surface area contributed by atoms with Crippen LogP contribution in [0.1, 0.15) is 0 Å². The number of carbonyl (C=O) groups excluding carboxylic acids is 1. The topological polar surface area (TPSA) is 93.6 Å². The second kappa shape index (κ2) is 7.05. The fraction of sp³-hybridized carbons (Fsp3) is 0.111. The molecule has 2 aromatic rings. The highest BCUT2D eigenvalue weighted by Crippen LogP contribution is 2.40. The molecule has 0 aromatic heterocycles. The van der Waals surface area contributed by atoms with Crippen LogP contribution >= 0.6 is 11.6 Å². The lowest BCUT2D eigenvalue weighted by Gasteiger charge is -2.24. The Balaban J connectivity index is 2.25. The van der Waals surface area contributed by atoms with E-state index in [4.69, 9.17) is 17.0 Å². The van der Waals surface area contributed by atoms with E-state index in [0.717, 1.165) is 12.5 Å². The molecule has 0 fully saturated rings. The van der Waals surface area contributed by atoms with Gasteiger partial charge in [-0.05, 0) is 30.3 Å². The third-order valence-corrected chi connectivity index (χ3v) is 4.78. The number of nitrogens with zero attached hydrogens (tertiary/aromatic N) is 2. The van der Waals surface area contributed by atoms with Crippen LogP contribution in [0.15, 0.2) is 60.3 Å². The summed E-state index contributed by atoms with van der Waals surface area (Å²) in [6.07, 6.45) is 2.02. The first-order chi connectivity index (χ1) is 12.7. The maximum absolute atomic E-state index is 13.3. The first-order valence-electron chi connectivity index (χ1n) is 7.88. The normalized spacial score (nSPS) is 16.3. The average Bonchev–Trinajstić information content (AvgIpc) is 2.68. The van der Waals surface area contributed by atoms with Crippen LogP contribution in [0.4, 0.5) is 17.1 Å². The molecule has 7 nitrogen and oxygen atoms in total. The minimum Gasteiger partial charge on any atom is -0.327 e. The molecule has 0 unspecified atom stereocenters. The number of likely N-dealkylation sites (N-methyl/N-ethyl adjacent to an activating group) is 1.